The smallest absolute Gasteiger partial charge is 0.270 e. The Bertz CT molecular complexity index is 1020. The highest BCUT2D eigenvalue weighted by Crippen LogP contribution is 2.32. The molecule has 0 spiro atoms. The van der Waals surface area contributed by atoms with Crippen molar-refractivity contribution in [2.45, 2.75) is 31.3 Å². The summed E-state index contributed by atoms with van der Waals surface area (Å²) in [6.07, 6.45) is 0. The van der Waals surface area contributed by atoms with Crippen molar-refractivity contribution >= 4 is 17.4 Å². The van der Waals surface area contributed by atoms with Crippen molar-refractivity contribution in [2.24, 2.45) is 5.92 Å². The Morgan fingerprint density at radius 2 is 2.00 bits per heavy atom. The van der Waals surface area contributed by atoms with E-state index >= 15 is 0 Å². The van der Waals surface area contributed by atoms with E-state index in [0.29, 0.717) is 46.1 Å². The van der Waals surface area contributed by atoms with Gasteiger partial charge >= 0.3 is 0 Å². The number of hydrogen-bond donors (Lipinski definition) is 0. The molecule has 9 heteroatoms. The van der Waals surface area contributed by atoms with Crippen molar-refractivity contribution < 1.29 is 14.1 Å². The molecule has 0 fully saturated rings. The molecular weight excluding hydrogens is 395 g/mol. The predicted octanol–water partition coefficient (Wildman–Crippen LogP) is 4.95. The highest BCUT2D eigenvalue weighted by molar-refractivity contribution is 7.98. The van der Waals surface area contributed by atoms with Gasteiger partial charge in [0.05, 0.1) is 17.6 Å². The van der Waals surface area contributed by atoms with Crippen LogP contribution < -0.4 is 4.74 Å². The van der Waals surface area contributed by atoms with Crippen molar-refractivity contribution in [3.05, 3.63) is 64.0 Å². The minimum absolute atomic E-state index is 0.00269. The Balaban J connectivity index is 1.93. The molecule has 0 aliphatic rings. The Morgan fingerprint density at radius 3 is 2.66 bits per heavy atom. The molecule has 3 aromatic rings. The number of halogens is 1. The summed E-state index contributed by atoms with van der Waals surface area (Å²) in [5.74, 6) is 1.36. The summed E-state index contributed by atoms with van der Waals surface area (Å²) in [6.45, 7) is 4.73. The molecule has 0 aliphatic carbocycles. The van der Waals surface area contributed by atoms with Crippen LogP contribution in [0.1, 0.15) is 19.4 Å². The van der Waals surface area contributed by atoms with Crippen molar-refractivity contribution in [3.63, 3.8) is 0 Å². The fourth-order valence-electron chi connectivity index (χ4n) is 2.90. The summed E-state index contributed by atoms with van der Waals surface area (Å²) in [5.41, 5.74) is 1.07. The molecule has 1 heterocycles. The van der Waals surface area contributed by atoms with Gasteiger partial charge in [-0.25, -0.2) is 4.39 Å². The van der Waals surface area contributed by atoms with E-state index in [1.165, 1.54) is 37.1 Å². The lowest BCUT2D eigenvalue weighted by Crippen LogP contribution is -2.08. The van der Waals surface area contributed by atoms with Gasteiger partial charge in [0, 0.05) is 30.0 Å². The lowest BCUT2D eigenvalue weighted by Gasteiger charge is -2.13. The molecule has 0 aliphatic heterocycles. The summed E-state index contributed by atoms with van der Waals surface area (Å²) in [7, 11) is 1.52. The topological polar surface area (TPSA) is 83.1 Å². The molecular formula is C20H21FN4O3S. The zero-order valence-corrected chi connectivity index (χ0v) is 17.1. The van der Waals surface area contributed by atoms with Crippen molar-refractivity contribution in [2.75, 3.05) is 7.11 Å². The van der Waals surface area contributed by atoms with E-state index in [0.717, 1.165) is 0 Å². The average molecular weight is 416 g/mol. The number of hydrogen-bond acceptors (Lipinski definition) is 6. The van der Waals surface area contributed by atoms with E-state index in [1.54, 1.807) is 24.3 Å². The van der Waals surface area contributed by atoms with Gasteiger partial charge in [0.15, 0.2) is 11.0 Å². The third-order valence-corrected chi connectivity index (χ3v) is 5.23. The summed E-state index contributed by atoms with van der Waals surface area (Å²) >= 11 is 1.38. The number of methoxy groups -OCH3 is 1. The van der Waals surface area contributed by atoms with Crippen LogP contribution in [0.15, 0.2) is 47.6 Å². The summed E-state index contributed by atoms with van der Waals surface area (Å²) < 4.78 is 21.5. The van der Waals surface area contributed by atoms with Gasteiger partial charge in [-0.05, 0) is 24.1 Å². The first-order valence-electron chi connectivity index (χ1n) is 9.03. The van der Waals surface area contributed by atoms with Crippen LogP contribution in [-0.4, -0.2) is 26.8 Å². The molecule has 0 atom stereocenters. The SMILES string of the molecule is COc1ccc([N+](=O)[O-])cc1CSc1nnc(-c2ccccc2F)n1CC(C)C. The lowest BCUT2D eigenvalue weighted by atomic mass is 10.2. The van der Waals surface area contributed by atoms with E-state index in [1.807, 2.05) is 4.57 Å². The lowest BCUT2D eigenvalue weighted by molar-refractivity contribution is -0.384. The second-order valence-corrected chi connectivity index (χ2v) is 7.77. The van der Waals surface area contributed by atoms with Crippen LogP contribution in [0.2, 0.25) is 0 Å². The van der Waals surface area contributed by atoms with Crippen LogP contribution >= 0.6 is 11.8 Å². The molecule has 0 N–H and O–H groups in total. The Labute approximate surface area is 172 Å². The number of rotatable bonds is 8. The van der Waals surface area contributed by atoms with Gasteiger partial charge in [0.2, 0.25) is 0 Å². The van der Waals surface area contributed by atoms with Gasteiger partial charge in [0.25, 0.3) is 5.69 Å². The maximum absolute atomic E-state index is 14.3. The molecule has 29 heavy (non-hydrogen) atoms. The fraction of sp³-hybridized carbons (Fsp3) is 0.300. The van der Waals surface area contributed by atoms with E-state index in [2.05, 4.69) is 24.0 Å². The Hall–Kier alpha value is -2.94. The maximum atomic E-state index is 14.3. The van der Waals surface area contributed by atoms with Gasteiger partial charge in [0.1, 0.15) is 11.6 Å². The minimum atomic E-state index is -0.439. The highest BCUT2D eigenvalue weighted by Gasteiger charge is 2.19. The van der Waals surface area contributed by atoms with Crippen LogP contribution in [0.25, 0.3) is 11.4 Å². The monoisotopic (exact) mass is 416 g/mol. The van der Waals surface area contributed by atoms with Crippen LogP contribution in [0.4, 0.5) is 10.1 Å². The molecule has 0 unspecified atom stereocenters. The highest BCUT2D eigenvalue weighted by atomic mass is 32.2. The molecule has 0 radical (unpaired) electrons. The molecule has 152 valence electrons. The molecule has 3 rings (SSSR count). The van der Waals surface area contributed by atoms with Crippen molar-refractivity contribution in [3.8, 4) is 17.1 Å². The van der Waals surface area contributed by atoms with E-state index in [4.69, 9.17) is 4.74 Å². The van der Waals surface area contributed by atoms with Gasteiger partial charge < -0.3 is 9.30 Å². The summed E-state index contributed by atoms with van der Waals surface area (Å²) in [4.78, 5) is 10.7. The third-order valence-electron chi connectivity index (χ3n) is 4.21. The van der Waals surface area contributed by atoms with Crippen LogP contribution in [0.3, 0.4) is 0 Å². The largest absolute Gasteiger partial charge is 0.496 e. The first-order valence-corrected chi connectivity index (χ1v) is 10.0. The van der Waals surface area contributed by atoms with Gasteiger partial charge in [-0.15, -0.1) is 10.2 Å². The number of ether oxygens (including phenoxy) is 1. The molecule has 0 amide bonds. The predicted molar refractivity (Wildman–Crippen MR) is 109 cm³/mol. The van der Waals surface area contributed by atoms with E-state index in [9.17, 15) is 14.5 Å². The van der Waals surface area contributed by atoms with E-state index < -0.39 is 4.92 Å². The summed E-state index contributed by atoms with van der Waals surface area (Å²) in [5, 5.41) is 20.2. The molecule has 0 saturated carbocycles. The Kier molecular flexibility index (Phi) is 6.48. The second-order valence-electron chi connectivity index (χ2n) is 6.83. The number of benzene rings is 2. The van der Waals surface area contributed by atoms with Crippen molar-refractivity contribution in [1.82, 2.24) is 14.8 Å². The van der Waals surface area contributed by atoms with Crippen LogP contribution in [0, 0.1) is 21.8 Å². The number of non-ortho nitro benzene ring substituents is 1. The number of nitro benzene ring substituents is 1. The van der Waals surface area contributed by atoms with Gasteiger partial charge in [-0.3, -0.25) is 10.1 Å². The first kappa shape index (κ1) is 20.8. The average Bonchev–Trinajstić information content (AvgIpc) is 3.08. The standard InChI is InChI=1S/C20H21FN4O3S/c1-13(2)11-24-19(16-6-4-5-7-17(16)21)22-23-20(24)29-12-14-10-15(25(26)27)8-9-18(14)28-3/h4-10,13H,11-12H2,1-3H3. The van der Waals surface area contributed by atoms with Crippen LogP contribution in [-0.2, 0) is 12.3 Å². The molecule has 2 aromatic carbocycles. The fourth-order valence-corrected chi connectivity index (χ4v) is 3.83. The normalized spacial score (nSPS) is 11.1. The molecule has 0 saturated heterocycles. The maximum Gasteiger partial charge on any atom is 0.270 e. The van der Waals surface area contributed by atoms with Crippen molar-refractivity contribution in [1.29, 1.82) is 0 Å². The molecule has 0 bridgehead atoms. The number of nitro groups is 1. The summed E-state index contributed by atoms with van der Waals surface area (Å²) in [6, 6.07) is 10.9. The molecule has 1 aromatic heterocycles. The number of aromatic nitrogens is 3. The van der Waals surface area contributed by atoms with E-state index in [-0.39, 0.29) is 11.5 Å². The van der Waals surface area contributed by atoms with Gasteiger partial charge in [-0.2, -0.15) is 0 Å². The van der Waals surface area contributed by atoms with Crippen LogP contribution in [0.5, 0.6) is 5.75 Å². The number of thioether (sulfide) groups is 1. The zero-order valence-electron chi connectivity index (χ0n) is 16.3. The second kappa shape index (κ2) is 9.04. The minimum Gasteiger partial charge on any atom is -0.496 e. The first-order chi connectivity index (χ1) is 13.9. The third kappa shape index (κ3) is 4.73. The quantitative estimate of drug-likeness (QED) is 0.294. The number of nitrogens with zero attached hydrogens (tertiary/aromatic N) is 4. The zero-order chi connectivity index (χ0) is 21.0. The molecule has 7 nitrogen and oxygen atoms in total. The van der Waals surface area contributed by atoms with Gasteiger partial charge in [-0.1, -0.05) is 37.7 Å². The Morgan fingerprint density at radius 1 is 1.24 bits per heavy atom.